The molecule has 172 valence electrons. The summed E-state index contributed by atoms with van der Waals surface area (Å²) in [5.74, 6) is -0.375. The predicted molar refractivity (Wildman–Crippen MR) is 112 cm³/mol. The van der Waals surface area contributed by atoms with Crippen LogP contribution in [0, 0.1) is 0 Å². The van der Waals surface area contributed by atoms with E-state index in [-0.39, 0.29) is 42.5 Å². The molecule has 13 heteroatoms. The van der Waals surface area contributed by atoms with Crippen LogP contribution in [0.4, 0.5) is 0 Å². The molecule has 5 rings (SSSR count). The van der Waals surface area contributed by atoms with E-state index in [1.807, 2.05) is 18.2 Å². The van der Waals surface area contributed by atoms with Crippen LogP contribution in [-0.4, -0.2) is 96.8 Å². The first kappa shape index (κ1) is 22.1. The smallest absolute Gasteiger partial charge is 0.290 e. The van der Waals surface area contributed by atoms with Crippen LogP contribution in [0.15, 0.2) is 41.5 Å². The van der Waals surface area contributed by atoms with E-state index in [2.05, 4.69) is 20.5 Å². The number of carboxylic acid groups (broad SMARTS) is 1. The van der Waals surface area contributed by atoms with Gasteiger partial charge in [-0.25, -0.2) is 4.68 Å². The lowest BCUT2D eigenvalue weighted by Crippen LogP contribution is -2.53. The van der Waals surface area contributed by atoms with E-state index in [4.69, 9.17) is 14.6 Å². The van der Waals surface area contributed by atoms with Gasteiger partial charge >= 0.3 is 0 Å². The van der Waals surface area contributed by atoms with Crippen molar-refractivity contribution >= 4 is 29.2 Å². The number of aromatic nitrogens is 5. The minimum absolute atomic E-state index is 0.0269. The Balaban J connectivity index is 0.000000821. The van der Waals surface area contributed by atoms with Crippen molar-refractivity contribution in [3.05, 3.63) is 52.6 Å². The maximum Gasteiger partial charge on any atom is 0.290 e. The number of carbonyl (C=O) groups excluding carboxylic acids is 2. The van der Waals surface area contributed by atoms with E-state index in [0.29, 0.717) is 42.7 Å². The van der Waals surface area contributed by atoms with Gasteiger partial charge in [0.05, 0.1) is 24.3 Å². The highest BCUT2D eigenvalue weighted by Gasteiger charge is 2.44. The number of nitrogens with one attached hydrogen (secondary N) is 1. The molecule has 0 aliphatic carbocycles. The number of fused-ring (bicyclic) bond motifs is 2. The standard InChI is InChI=1S/C19H19N7O4.CH2O2/c27-17-7-13(12-3-1-2-4-14(12)21-17)19(29)26-5-6-30-16-9-24(8-15(16)26)18(28)10-25-11-20-22-23-25;2-1-3/h1-4,7,11,15-16H,5-6,8-10H2,(H,21,27);1H,(H,2,3)/t15-,16-;/m1./s1. The van der Waals surface area contributed by atoms with Crippen LogP contribution >= 0.6 is 0 Å². The van der Waals surface area contributed by atoms with E-state index in [1.165, 1.54) is 17.1 Å². The summed E-state index contributed by atoms with van der Waals surface area (Å²) >= 11 is 0. The molecular formula is C20H21N7O6. The van der Waals surface area contributed by atoms with Gasteiger partial charge in [-0.3, -0.25) is 19.2 Å². The second-order valence-electron chi connectivity index (χ2n) is 7.48. The molecule has 2 atom stereocenters. The fraction of sp³-hybridized carbons (Fsp3) is 0.350. The van der Waals surface area contributed by atoms with Crippen molar-refractivity contribution in [1.29, 1.82) is 0 Å². The Morgan fingerprint density at radius 1 is 1.27 bits per heavy atom. The number of hydrogen-bond acceptors (Lipinski definition) is 8. The number of likely N-dealkylation sites (tertiary alicyclic amines) is 1. The second kappa shape index (κ2) is 9.56. The van der Waals surface area contributed by atoms with E-state index in [9.17, 15) is 14.4 Å². The summed E-state index contributed by atoms with van der Waals surface area (Å²) < 4.78 is 7.20. The van der Waals surface area contributed by atoms with Gasteiger partial charge in [-0.1, -0.05) is 18.2 Å². The number of para-hydroxylation sites is 1. The molecule has 33 heavy (non-hydrogen) atoms. The highest BCUT2D eigenvalue weighted by Crippen LogP contribution is 2.26. The Bertz CT molecular complexity index is 1210. The molecule has 2 N–H and O–H groups in total. The Kier molecular flexibility index (Phi) is 6.40. The summed E-state index contributed by atoms with van der Waals surface area (Å²) in [5, 5.41) is 18.4. The molecule has 2 fully saturated rings. The van der Waals surface area contributed by atoms with Crippen LogP contribution in [0.3, 0.4) is 0 Å². The average molecular weight is 455 g/mol. The molecule has 2 amide bonds. The molecule has 0 radical (unpaired) electrons. The van der Waals surface area contributed by atoms with Gasteiger partial charge in [0, 0.05) is 36.6 Å². The molecule has 0 spiro atoms. The van der Waals surface area contributed by atoms with Crippen molar-refractivity contribution in [3.8, 4) is 0 Å². The largest absolute Gasteiger partial charge is 0.483 e. The predicted octanol–water partition coefficient (Wildman–Crippen LogP) is -1.03. The molecule has 0 bridgehead atoms. The van der Waals surface area contributed by atoms with Crippen molar-refractivity contribution in [3.63, 3.8) is 0 Å². The van der Waals surface area contributed by atoms with Crippen molar-refractivity contribution in [1.82, 2.24) is 35.0 Å². The zero-order chi connectivity index (χ0) is 23.4. The van der Waals surface area contributed by atoms with Crippen LogP contribution in [0.1, 0.15) is 10.4 Å². The van der Waals surface area contributed by atoms with E-state index in [0.717, 1.165) is 0 Å². The van der Waals surface area contributed by atoms with Gasteiger partial charge in [0.2, 0.25) is 11.5 Å². The maximum absolute atomic E-state index is 13.4. The van der Waals surface area contributed by atoms with Crippen molar-refractivity contribution in [2.24, 2.45) is 0 Å². The molecule has 2 aliphatic heterocycles. The summed E-state index contributed by atoms with van der Waals surface area (Å²) in [6.45, 7) is 1.31. The molecule has 2 aliphatic rings. The quantitative estimate of drug-likeness (QED) is 0.470. The van der Waals surface area contributed by atoms with Crippen LogP contribution in [0.25, 0.3) is 10.9 Å². The summed E-state index contributed by atoms with van der Waals surface area (Å²) in [4.78, 5) is 52.6. The number of ether oxygens (including phenoxy) is 1. The van der Waals surface area contributed by atoms with Gasteiger partial charge in [0.15, 0.2) is 0 Å². The van der Waals surface area contributed by atoms with Crippen LogP contribution in [0.5, 0.6) is 0 Å². The molecule has 3 aromatic rings. The average Bonchev–Trinajstić information content (AvgIpc) is 3.48. The molecule has 0 unspecified atom stereocenters. The Hall–Kier alpha value is -4.13. The minimum atomic E-state index is -0.327. The maximum atomic E-state index is 13.4. The third kappa shape index (κ3) is 4.57. The third-order valence-corrected chi connectivity index (χ3v) is 5.58. The molecule has 0 saturated carbocycles. The lowest BCUT2D eigenvalue weighted by atomic mass is 10.0. The lowest BCUT2D eigenvalue weighted by molar-refractivity contribution is -0.131. The number of rotatable bonds is 3. The fourth-order valence-corrected chi connectivity index (χ4v) is 4.17. The number of morpholine rings is 1. The Morgan fingerprint density at radius 3 is 2.82 bits per heavy atom. The van der Waals surface area contributed by atoms with Gasteiger partial charge in [-0.2, -0.15) is 0 Å². The summed E-state index contributed by atoms with van der Waals surface area (Å²) in [6.07, 6.45) is 1.11. The molecular weight excluding hydrogens is 434 g/mol. The third-order valence-electron chi connectivity index (χ3n) is 5.58. The van der Waals surface area contributed by atoms with Gasteiger partial charge in [0.1, 0.15) is 12.9 Å². The number of aromatic amines is 1. The van der Waals surface area contributed by atoms with Gasteiger partial charge in [0.25, 0.3) is 12.4 Å². The molecule has 2 saturated heterocycles. The number of H-pyrrole nitrogens is 1. The van der Waals surface area contributed by atoms with Crippen LogP contribution in [-0.2, 0) is 20.9 Å². The Labute approximate surface area is 186 Å². The monoisotopic (exact) mass is 455 g/mol. The summed E-state index contributed by atoms with van der Waals surface area (Å²) in [6, 6.07) is 8.28. The van der Waals surface area contributed by atoms with Crippen molar-refractivity contribution < 1.29 is 24.2 Å². The van der Waals surface area contributed by atoms with Gasteiger partial charge in [-0.05, 0) is 16.5 Å². The van der Waals surface area contributed by atoms with E-state index in [1.54, 1.807) is 15.9 Å². The SMILES string of the molecule is O=C(Cn1cnnn1)N1C[C@@H]2[C@@H](C1)OCCN2C(=O)c1cc(=O)[nH]c2ccccc12.O=CO. The summed E-state index contributed by atoms with van der Waals surface area (Å²) in [7, 11) is 0. The first-order chi connectivity index (χ1) is 16.0. The Morgan fingerprint density at radius 2 is 2.06 bits per heavy atom. The number of pyridine rings is 1. The van der Waals surface area contributed by atoms with Gasteiger partial charge < -0.3 is 24.6 Å². The topological polar surface area (TPSA) is 164 Å². The fourth-order valence-electron chi connectivity index (χ4n) is 4.17. The number of amides is 2. The number of hydrogen-bond donors (Lipinski definition) is 2. The summed E-state index contributed by atoms with van der Waals surface area (Å²) in [5.41, 5.74) is 0.642. The lowest BCUT2D eigenvalue weighted by Gasteiger charge is -2.36. The van der Waals surface area contributed by atoms with E-state index >= 15 is 0 Å². The second-order valence-corrected chi connectivity index (χ2v) is 7.48. The van der Waals surface area contributed by atoms with Crippen LogP contribution in [0.2, 0.25) is 0 Å². The molecule has 2 aromatic heterocycles. The van der Waals surface area contributed by atoms with E-state index < -0.39 is 0 Å². The van der Waals surface area contributed by atoms with Crippen molar-refractivity contribution in [2.45, 2.75) is 18.7 Å². The van der Waals surface area contributed by atoms with Crippen LogP contribution < -0.4 is 5.56 Å². The minimum Gasteiger partial charge on any atom is -0.483 e. The number of benzene rings is 1. The zero-order valence-electron chi connectivity index (χ0n) is 17.4. The molecule has 13 nitrogen and oxygen atoms in total. The highest BCUT2D eigenvalue weighted by atomic mass is 16.5. The first-order valence-corrected chi connectivity index (χ1v) is 10.1. The normalized spacial score (nSPS) is 19.5. The van der Waals surface area contributed by atoms with Crippen molar-refractivity contribution in [2.75, 3.05) is 26.2 Å². The zero-order valence-corrected chi connectivity index (χ0v) is 17.4. The molecule has 4 heterocycles. The number of tetrazole rings is 1. The first-order valence-electron chi connectivity index (χ1n) is 10.1. The molecule has 1 aromatic carbocycles. The number of carbonyl (C=O) groups is 3. The highest BCUT2D eigenvalue weighted by molar-refractivity contribution is 6.06. The van der Waals surface area contributed by atoms with Gasteiger partial charge in [-0.15, -0.1) is 5.10 Å². The number of nitrogens with zero attached hydrogens (tertiary/aromatic N) is 6.